The van der Waals surface area contributed by atoms with Crippen molar-refractivity contribution in [3.8, 4) is 0 Å². The van der Waals surface area contributed by atoms with Crippen LogP contribution in [-0.2, 0) is 6.54 Å². The summed E-state index contributed by atoms with van der Waals surface area (Å²) in [6, 6.07) is 1.90. The summed E-state index contributed by atoms with van der Waals surface area (Å²) in [5.41, 5.74) is 0.638. The molecule has 2 aromatic heterocycles. The Bertz CT molecular complexity index is 538. The first-order valence-electron chi connectivity index (χ1n) is 4.86. The Balaban J connectivity index is 2.00. The number of hydrogen-bond donors (Lipinski definition) is 2. The van der Waals surface area contributed by atoms with E-state index < -0.39 is 5.97 Å². The minimum Gasteiger partial charge on any atom is -0.476 e. The highest BCUT2D eigenvalue weighted by atomic mass is 16.4. The predicted octanol–water partition coefficient (Wildman–Crippen LogP) is 1.08. The molecular weight excluding hydrogens is 224 g/mol. The van der Waals surface area contributed by atoms with E-state index in [-0.39, 0.29) is 11.7 Å². The summed E-state index contributed by atoms with van der Waals surface area (Å²) in [5, 5.41) is 11.5. The number of anilines is 1. The van der Waals surface area contributed by atoms with E-state index in [0.717, 1.165) is 12.0 Å². The summed E-state index contributed by atoms with van der Waals surface area (Å²) in [4.78, 5) is 22.4. The molecule has 2 N–H and O–H groups in total. The molecule has 0 aliphatic carbocycles. The van der Waals surface area contributed by atoms with Crippen LogP contribution in [0.4, 0.5) is 6.01 Å². The van der Waals surface area contributed by atoms with Gasteiger partial charge in [-0.05, 0) is 13.0 Å². The van der Waals surface area contributed by atoms with Crippen molar-refractivity contribution >= 4 is 12.0 Å². The molecule has 0 aliphatic heterocycles. The van der Waals surface area contributed by atoms with Gasteiger partial charge in [0.1, 0.15) is 12.1 Å². The van der Waals surface area contributed by atoms with E-state index in [1.54, 1.807) is 19.2 Å². The average molecular weight is 234 g/mol. The minimum atomic E-state index is -1.13. The molecule has 17 heavy (non-hydrogen) atoms. The van der Waals surface area contributed by atoms with E-state index >= 15 is 0 Å². The number of aryl methyl sites for hydroxylation is 1. The van der Waals surface area contributed by atoms with Crippen molar-refractivity contribution in [2.45, 2.75) is 13.5 Å². The van der Waals surface area contributed by atoms with Crippen LogP contribution < -0.4 is 5.32 Å². The van der Waals surface area contributed by atoms with Crippen molar-refractivity contribution in [3.05, 3.63) is 35.7 Å². The fourth-order valence-electron chi connectivity index (χ4n) is 1.22. The minimum absolute atomic E-state index is 0.133. The first-order valence-corrected chi connectivity index (χ1v) is 4.86. The fourth-order valence-corrected chi connectivity index (χ4v) is 1.22. The zero-order valence-corrected chi connectivity index (χ0v) is 9.04. The van der Waals surface area contributed by atoms with Crippen molar-refractivity contribution in [1.29, 1.82) is 0 Å². The molecule has 0 unspecified atom stereocenters. The first kappa shape index (κ1) is 11.1. The number of hydrogen-bond acceptors (Lipinski definition) is 6. The Labute approximate surface area is 96.5 Å². The van der Waals surface area contributed by atoms with Crippen molar-refractivity contribution in [3.63, 3.8) is 0 Å². The van der Waals surface area contributed by atoms with Gasteiger partial charge < -0.3 is 14.8 Å². The Morgan fingerprint density at radius 3 is 3.00 bits per heavy atom. The van der Waals surface area contributed by atoms with Crippen LogP contribution in [0, 0.1) is 6.92 Å². The molecule has 0 aliphatic rings. The molecule has 0 saturated heterocycles. The van der Waals surface area contributed by atoms with E-state index in [1.807, 2.05) is 0 Å². The average Bonchev–Trinajstić information content (AvgIpc) is 2.75. The van der Waals surface area contributed by atoms with Crippen molar-refractivity contribution in [2.75, 3.05) is 5.32 Å². The molecule has 0 amide bonds. The number of carbonyl (C=O) groups is 1. The topological polar surface area (TPSA) is 101 Å². The van der Waals surface area contributed by atoms with Gasteiger partial charge in [0.05, 0.1) is 12.2 Å². The molecule has 0 atom stereocenters. The maximum atomic E-state index is 10.6. The molecule has 2 heterocycles. The van der Waals surface area contributed by atoms with Crippen molar-refractivity contribution in [2.24, 2.45) is 0 Å². The van der Waals surface area contributed by atoms with Gasteiger partial charge in [0.25, 0.3) is 6.01 Å². The van der Waals surface area contributed by atoms with Gasteiger partial charge >= 0.3 is 5.97 Å². The van der Waals surface area contributed by atoms with Gasteiger partial charge in [0, 0.05) is 6.20 Å². The normalized spacial score (nSPS) is 10.2. The molecule has 0 bridgehead atoms. The van der Waals surface area contributed by atoms with E-state index in [1.165, 1.54) is 0 Å². The van der Waals surface area contributed by atoms with Crippen LogP contribution in [0.5, 0.6) is 0 Å². The van der Waals surface area contributed by atoms with E-state index in [2.05, 4.69) is 20.3 Å². The highest BCUT2D eigenvalue weighted by Crippen LogP contribution is 2.08. The van der Waals surface area contributed by atoms with Gasteiger partial charge in [0.2, 0.25) is 0 Å². The Hall–Kier alpha value is -2.44. The van der Waals surface area contributed by atoms with Crippen LogP contribution in [0.15, 0.2) is 22.9 Å². The predicted molar refractivity (Wildman–Crippen MR) is 57.6 cm³/mol. The highest BCUT2D eigenvalue weighted by Gasteiger charge is 2.09. The number of oxazole rings is 1. The fraction of sp³-hybridized carbons (Fsp3) is 0.200. The lowest BCUT2D eigenvalue weighted by atomic mass is 10.4. The standard InChI is InChI=1S/C10H10N4O3/c1-6-11-3-2-7(13-6)4-12-10-14-8(5-17-10)9(15)16/h2-3,5H,4H2,1H3,(H,12,14)(H,15,16). The quantitative estimate of drug-likeness (QED) is 0.816. The molecule has 2 rings (SSSR count). The van der Waals surface area contributed by atoms with Crippen molar-refractivity contribution < 1.29 is 14.3 Å². The number of nitrogens with one attached hydrogen (secondary N) is 1. The Morgan fingerprint density at radius 1 is 1.53 bits per heavy atom. The van der Waals surface area contributed by atoms with Crippen molar-refractivity contribution in [1.82, 2.24) is 15.0 Å². The van der Waals surface area contributed by atoms with Crippen LogP contribution in [0.1, 0.15) is 22.0 Å². The molecule has 0 radical (unpaired) electrons. The molecule has 0 aromatic carbocycles. The second kappa shape index (κ2) is 4.60. The van der Waals surface area contributed by atoms with Gasteiger partial charge in [-0.2, -0.15) is 4.98 Å². The Kier molecular flexibility index (Phi) is 2.99. The summed E-state index contributed by atoms with van der Waals surface area (Å²) >= 11 is 0. The second-order valence-electron chi connectivity index (χ2n) is 3.29. The monoisotopic (exact) mass is 234 g/mol. The van der Waals surface area contributed by atoms with E-state index in [9.17, 15) is 4.79 Å². The molecule has 2 aromatic rings. The van der Waals surface area contributed by atoms with Gasteiger partial charge in [-0.15, -0.1) is 0 Å². The molecular formula is C10H10N4O3. The third-order valence-corrected chi connectivity index (χ3v) is 1.98. The van der Waals surface area contributed by atoms with E-state index in [0.29, 0.717) is 12.4 Å². The number of carboxylic acid groups (broad SMARTS) is 1. The van der Waals surface area contributed by atoms with Crippen LogP contribution in [0.25, 0.3) is 0 Å². The number of aromatic carboxylic acids is 1. The van der Waals surface area contributed by atoms with Gasteiger partial charge in [-0.1, -0.05) is 0 Å². The van der Waals surface area contributed by atoms with Crippen LogP contribution in [-0.4, -0.2) is 26.0 Å². The van der Waals surface area contributed by atoms with E-state index in [4.69, 9.17) is 9.52 Å². The molecule has 0 saturated carbocycles. The summed E-state index contributed by atoms with van der Waals surface area (Å²) in [6.45, 7) is 2.18. The zero-order chi connectivity index (χ0) is 12.3. The lowest BCUT2D eigenvalue weighted by molar-refractivity contribution is 0.0690. The third-order valence-electron chi connectivity index (χ3n) is 1.98. The lowest BCUT2D eigenvalue weighted by Gasteiger charge is -2.01. The molecule has 0 fully saturated rings. The SMILES string of the molecule is Cc1nccc(CNc2nc(C(=O)O)co2)n1. The largest absolute Gasteiger partial charge is 0.476 e. The summed E-state index contributed by atoms with van der Waals surface area (Å²) in [7, 11) is 0. The van der Waals surface area contributed by atoms with Crippen LogP contribution in [0.2, 0.25) is 0 Å². The van der Waals surface area contributed by atoms with Gasteiger partial charge in [-0.3, -0.25) is 0 Å². The third kappa shape index (κ3) is 2.77. The molecule has 0 spiro atoms. The summed E-state index contributed by atoms with van der Waals surface area (Å²) in [6.07, 6.45) is 2.73. The maximum Gasteiger partial charge on any atom is 0.357 e. The highest BCUT2D eigenvalue weighted by molar-refractivity contribution is 5.85. The summed E-state index contributed by atoms with van der Waals surface area (Å²) in [5.74, 6) is -0.456. The first-order chi connectivity index (χ1) is 8.15. The van der Waals surface area contributed by atoms with Crippen LogP contribution >= 0.6 is 0 Å². The lowest BCUT2D eigenvalue weighted by Crippen LogP contribution is -2.04. The smallest absolute Gasteiger partial charge is 0.357 e. The Morgan fingerprint density at radius 2 is 2.35 bits per heavy atom. The van der Waals surface area contributed by atoms with Gasteiger partial charge in [-0.25, -0.2) is 14.8 Å². The molecule has 88 valence electrons. The number of rotatable bonds is 4. The summed E-state index contributed by atoms with van der Waals surface area (Å²) < 4.78 is 4.93. The second-order valence-corrected chi connectivity index (χ2v) is 3.29. The van der Waals surface area contributed by atoms with Crippen LogP contribution in [0.3, 0.4) is 0 Å². The number of nitrogens with zero attached hydrogens (tertiary/aromatic N) is 3. The molecule has 7 nitrogen and oxygen atoms in total. The molecule has 7 heteroatoms. The maximum absolute atomic E-state index is 10.6. The zero-order valence-electron chi connectivity index (χ0n) is 9.04. The number of aromatic nitrogens is 3. The van der Waals surface area contributed by atoms with Gasteiger partial charge in [0.15, 0.2) is 5.69 Å². The number of carboxylic acids is 1.